The van der Waals surface area contributed by atoms with Gasteiger partial charge in [-0.25, -0.2) is 0 Å². The van der Waals surface area contributed by atoms with E-state index in [1.54, 1.807) is 14.0 Å². The van der Waals surface area contributed by atoms with Crippen molar-refractivity contribution in [2.75, 3.05) is 13.7 Å². The van der Waals surface area contributed by atoms with Crippen LogP contribution in [0.25, 0.3) is 0 Å². The molecule has 2 amide bonds. The number of imide groups is 1. The predicted octanol–water partition coefficient (Wildman–Crippen LogP) is 2.10. The lowest BCUT2D eigenvalue weighted by atomic mass is 9.77. The number of carbonyl (C=O) groups excluding carboxylic acids is 3. The fourth-order valence-corrected chi connectivity index (χ4v) is 2.73. The Labute approximate surface area is 126 Å². The number of nitrogens with zero attached hydrogens (tertiary/aromatic N) is 1. The van der Waals surface area contributed by atoms with Crippen molar-refractivity contribution < 1.29 is 19.1 Å². The van der Waals surface area contributed by atoms with Gasteiger partial charge in [0.1, 0.15) is 5.78 Å². The standard InChI is InChI=1S/C16H25NO4/c1-12(18)8-9-15(2,3)10-16(4,21-5)11-17-13(19)6-7-14(17)20/h6-7H,8-11H2,1-5H3. The van der Waals surface area contributed by atoms with Gasteiger partial charge < -0.3 is 9.53 Å². The smallest absolute Gasteiger partial charge is 0.253 e. The fourth-order valence-electron chi connectivity index (χ4n) is 2.73. The van der Waals surface area contributed by atoms with E-state index in [0.717, 1.165) is 6.42 Å². The van der Waals surface area contributed by atoms with Crippen molar-refractivity contribution >= 4 is 17.6 Å². The third-order valence-electron chi connectivity index (χ3n) is 3.89. The van der Waals surface area contributed by atoms with Gasteiger partial charge in [-0.05, 0) is 32.1 Å². The molecule has 0 aliphatic carbocycles. The van der Waals surface area contributed by atoms with E-state index in [1.807, 2.05) is 6.92 Å². The molecule has 21 heavy (non-hydrogen) atoms. The largest absolute Gasteiger partial charge is 0.377 e. The van der Waals surface area contributed by atoms with E-state index in [9.17, 15) is 14.4 Å². The van der Waals surface area contributed by atoms with Gasteiger partial charge in [0.15, 0.2) is 0 Å². The van der Waals surface area contributed by atoms with E-state index in [-0.39, 0.29) is 29.6 Å². The second-order valence-corrected chi connectivity index (χ2v) is 6.79. The Hall–Kier alpha value is -1.49. The second kappa shape index (κ2) is 6.52. The zero-order valence-corrected chi connectivity index (χ0v) is 13.6. The van der Waals surface area contributed by atoms with Crippen LogP contribution < -0.4 is 0 Å². The lowest BCUT2D eigenvalue weighted by Crippen LogP contribution is -2.47. The molecule has 0 spiro atoms. The first-order valence-corrected chi connectivity index (χ1v) is 7.17. The van der Waals surface area contributed by atoms with E-state index in [0.29, 0.717) is 12.8 Å². The zero-order valence-electron chi connectivity index (χ0n) is 13.6. The van der Waals surface area contributed by atoms with Crippen molar-refractivity contribution in [2.24, 2.45) is 5.41 Å². The van der Waals surface area contributed by atoms with Crippen molar-refractivity contribution in [1.29, 1.82) is 0 Å². The molecule has 0 fully saturated rings. The van der Waals surface area contributed by atoms with Gasteiger partial charge in [0.2, 0.25) is 0 Å². The first-order chi connectivity index (χ1) is 9.58. The summed E-state index contributed by atoms with van der Waals surface area (Å²) in [5.41, 5.74) is -0.743. The van der Waals surface area contributed by atoms with E-state index in [1.165, 1.54) is 17.1 Å². The summed E-state index contributed by atoms with van der Waals surface area (Å²) < 4.78 is 5.58. The first kappa shape index (κ1) is 17.6. The lowest BCUT2D eigenvalue weighted by molar-refractivity contribution is -0.142. The van der Waals surface area contributed by atoms with Gasteiger partial charge >= 0.3 is 0 Å². The average Bonchev–Trinajstić information content (AvgIpc) is 2.68. The summed E-state index contributed by atoms with van der Waals surface area (Å²) in [6.07, 6.45) is 4.48. The molecule has 118 valence electrons. The molecule has 0 radical (unpaired) electrons. The molecule has 1 rings (SSSR count). The van der Waals surface area contributed by atoms with Crippen LogP contribution in [0, 0.1) is 5.41 Å². The molecule has 0 aromatic heterocycles. The number of rotatable bonds is 8. The molecule has 0 N–H and O–H groups in total. The van der Waals surface area contributed by atoms with Crippen LogP contribution in [0.15, 0.2) is 12.2 Å². The van der Waals surface area contributed by atoms with Crippen molar-refractivity contribution in [1.82, 2.24) is 4.90 Å². The molecule has 0 bridgehead atoms. The van der Waals surface area contributed by atoms with Crippen molar-refractivity contribution in [2.45, 2.75) is 52.6 Å². The summed E-state index contributed by atoms with van der Waals surface area (Å²) >= 11 is 0. The van der Waals surface area contributed by atoms with Gasteiger partial charge in [0, 0.05) is 25.7 Å². The number of Topliss-reactive ketones (excluding diaryl/α,β-unsaturated/α-hetero) is 1. The third-order valence-corrected chi connectivity index (χ3v) is 3.89. The highest BCUT2D eigenvalue weighted by molar-refractivity contribution is 6.12. The van der Waals surface area contributed by atoms with Gasteiger partial charge in [-0.1, -0.05) is 13.8 Å². The van der Waals surface area contributed by atoms with E-state index >= 15 is 0 Å². The number of hydrogen-bond acceptors (Lipinski definition) is 4. The van der Waals surface area contributed by atoms with Crippen LogP contribution in [0.3, 0.4) is 0 Å². The van der Waals surface area contributed by atoms with Crippen molar-refractivity contribution in [3.05, 3.63) is 12.2 Å². The maximum absolute atomic E-state index is 11.7. The normalized spacial score (nSPS) is 18.2. The Balaban J connectivity index is 2.73. The topological polar surface area (TPSA) is 63.7 Å². The molecule has 0 aromatic rings. The molecule has 0 saturated carbocycles. The molecule has 1 aliphatic rings. The minimum Gasteiger partial charge on any atom is -0.377 e. The number of carbonyl (C=O) groups is 3. The summed E-state index contributed by atoms with van der Waals surface area (Å²) in [5, 5.41) is 0. The molecule has 1 heterocycles. The van der Waals surface area contributed by atoms with Gasteiger partial charge in [-0.3, -0.25) is 14.5 Å². The molecule has 1 unspecified atom stereocenters. The number of amides is 2. The molecule has 0 saturated heterocycles. The summed E-state index contributed by atoms with van der Waals surface area (Å²) in [6.45, 7) is 7.83. The summed E-state index contributed by atoms with van der Waals surface area (Å²) in [6, 6.07) is 0. The first-order valence-electron chi connectivity index (χ1n) is 7.17. The Morgan fingerprint density at radius 3 is 2.14 bits per heavy atom. The number of methoxy groups -OCH3 is 1. The number of ketones is 1. The van der Waals surface area contributed by atoms with Gasteiger partial charge in [-0.15, -0.1) is 0 Å². The van der Waals surface area contributed by atoms with Crippen LogP contribution in [-0.4, -0.2) is 41.8 Å². The zero-order chi connectivity index (χ0) is 16.3. The summed E-state index contributed by atoms with van der Waals surface area (Å²) in [5.74, 6) is -0.439. The van der Waals surface area contributed by atoms with Crippen LogP contribution in [-0.2, 0) is 19.1 Å². The third kappa shape index (κ3) is 5.08. The van der Waals surface area contributed by atoms with Gasteiger partial charge in [0.25, 0.3) is 11.8 Å². The predicted molar refractivity (Wildman–Crippen MR) is 79.6 cm³/mol. The number of hydrogen-bond donors (Lipinski definition) is 0. The molecule has 1 atom stereocenters. The van der Waals surface area contributed by atoms with Crippen LogP contribution in [0.5, 0.6) is 0 Å². The Kier molecular flexibility index (Phi) is 5.45. The SMILES string of the molecule is COC(C)(CN1C(=O)C=CC1=O)CC(C)(C)CCC(C)=O. The quantitative estimate of drug-likeness (QED) is 0.643. The average molecular weight is 295 g/mol. The Morgan fingerprint density at radius 1 is 1.19 bits per heavy atom. The monoisotopic (exact) mass is 295 g/mol. The molecular weight excluding hydrogens is 270 g/mol. The van der Waals surface area contributed by atoms with Crippen molar-refractivity contribution in [3.63, 3.8) is 0 Å². The molecular formula is C16H25NO4. The molecule has 1 aliphatic heterocycles. The minimum atomic E-state index is -0.627. The van der Waals surface area contributed by atoms with E-state index in [2.05, 4.69) is 13.8 Å². The summed E-state index contributed by atoms with van der Waals surface area (Å²) in [7, 11) is 1.58. The van der Waals surface area contributed by atoms with Crippen LogP contribution >= 0.6 is 0 Å². The second-order valence-electron chi connectivity index (χ2n) is 6.79. The van der Waals surface area contributed by atoms with E-state index < -0.39 is 5.60 Å². The summed E-state index contributed by atoms with van der Waals surface area (Å²) in [4.78, 5) is 35.7. The fraction of sp³-hybridized carbons (Fsp3) is 0.688. The molecule has 5 nitrogen and oxygen atoms in total. The van der Waals surface area contributed by atoms with Crippen molar-refractivity contribution in [3.8, 4) is 0 Å². The molecule has 0 aromatic carbocycles. The highest BCUT2D eigenvalue weighted by Gasteiger charge is 2.37. The number of ether oxygens (including phenoxy) is 1. The maximum Gasteiger partial charge on any atom is 0.253 e. The van der Waals surface area contributed by atoms with Crippen LogP contribution in [0.4, 0.5) is 0 Å². The Bertz CT molecular complexity index is 449. The van der Waals surface area contributed by atoms with E-state index in [4.69, 9.17) is 4.74 Å². The van der Waals surface area contributed by atoms with Crippen LogP contribution in [0.1, 0.15) is 47.0 Å². The highest BCUT2D eigenvalue weighted by atomic mass is 16.5. The van der Waals surface area contributed by atoms with Gasteiger partial charge in [0.05, 0.1) is 12.1 Å². The minimum absolute atomic E-state index is 0.115. The highest BCUT2D eigenvalue weighted by Crippen LogP contribution is 2.35. The van der Waals surface area contributed by atoms with Crippen LogP contribution in [0.2, 0.25) is 0 Å². The maximum atomic E-state index is 11.7. The van der Waals surface area contributed by atoms with Gasteiger partial charge in [-0.2, -0.15) is 0 Å². The lowest BCUT2D eigenvalue weighted by Gasteiger charge is -2.38. The Morgan fingerprint density at radius 2 is 1.71 bits per heavy atom. The molecule has 5 heteroatoms.